The van der Waals surface area contributed by atoms with Crippen molar-refractivity contribution in [2.24, 2.45) is 17.6 Å². The minimum absolute atomic E-state index is 0.0196. The molecule has 0 aliphatic carbocycles. The molecule has 0 fully saturated rings. The summed E-state index contributed by atoms with van der Waals surface area (Å²) in [5.41, 5.74) is 6.88. The molecule has 0 heterocycles. The van der Waals surface area contributed by atoms with Gasteiger partial charge < -0.3 is 15.8 Å². The Labute approximate surface area is 128 Å². The second-order valence-corrected chi connectivity index (χ2v) is 6.10. The highest BCUT2D eigenvalue weighted by Gasteiger charge is 2.19. The standard InChI is InChI=1S/C17H28N2O2/c1-12(2)9-15(10-18)17(20)19-14(4)11-21-16-7-5-13(3)6-8-16/h5-8,12,14-15H,9-11,18H2,1-4H3,(H,19,20). The van der Waals surface area contributed by atoms with E-state index in [0.29, 0.717) is 19.1 Å². The molecule has 1 aromatic rings. The van der Waals surface area contributed by atoms with E-state index in [1.54, 1.807) is 0 Å². The monoisotopic (exact) mass is 292 g/mol. The number of nitrogens with two attached hydrogens (primary N) is 1. The fourth-order valence-corrected chi connectivity index (χ4v) is 2.14. The second kappa shape index (κ2) is 8.67. The summed E-state index contributed by atoms with van der Waals surface area (Å²) in [6.45, 7) is 9.01. The van der Waals surface area contributed by atoms with Crippen LogP contribution in [-0.2, 0) is 4.79 Å². The molecule has 0 aromatic heterocycles. The molecule has 118 valence electrons. The Morgan fingerprint density at radius 2 is 1.86 bits per heavy atom. The average Bonchev–Trinajstić information content (AvgIpc) is 2.43. The van der Waals surface area contributed by atoms with Gasteiger partial charge >= 0.3 is 0 Å². The van der Waals surface area contributed by atoms with Crippen LogP contribution < -0.4 is 15.8 Å². The van der Waals surface area contributed by atoms with Crippen molar-refractivity contribution >= 4 is 5.91 Å². The third kappa shape index (κ3) is 6.63. The molecule has 0 saturated heterocycles. The van der Waals surface area contributed by atoms with E-state index >= 15 is 0 Å². The van der Waals surface area contributed by atoms with Gasteiger partial charge in [-0.3, -0.25) is 4.79 Å². The molecule has 0 aliphatic heterocycles. The van der Waals surface area contributed by atoms with Crippen molar-refractivity contribution in [2.75, 3.05) is 13.2 Å². The van der Waals surface area contributed by atoms with Crippen LogP contribution in [0, 0.1) is 18.8 Å². The first-order valence-electron chi connectivity index (χ1n) is 7.62. The Bertz CT molecular complexity index is 429. The number of hydrogen-bond donors (Lipinski definition) is 2. The number of benzene rings is 1. The molecule has 0 bridgehead atoms. The smallest absolute Gasteiger partial charge is 0.224 e. The molecular weight excluding hydrogens is 264 g/mol. The van der Waals surface area contributed by atoms with Crippen molar-refractivity contribution in [3.05, 3.63) is 29.8 Å². The van der Waals surface area contributed by atoms with Gasteiger partial charge in [-0.1, -0.05) is 31.5 Å². The number of aryl methyl sites for hydroxylation is 1. The van der Waals surface area contributed by atoms with E-state index in [2.05, 4.69) is 19.2 Å². The highest BCUT2D eigenvalue weighted by Crippen LogP contribution is 2.13. The summed E-state index contributed by atoms with van der Waals surface area (Å²) >= 11 is 0. The first-order valence-corrected chi connectivity index (χ1v) is 7.62. The second-order valence-electron chi connectivity index (χ2n) is 6.10. The van der Waals surface area contributed by atoms with Gasteiger partial charge in [0.25, 0.3) is 0 Å². The number of hydrogen-bond acceptors (Lipinski definition) is 3. The highest BCUT2D eigenvalue weighted by atomic mass is 16.5. The molecule has 0 saturated carbocycles. The zero-order chi connectivity index (χ0) is 15.8. The summed E-state index contributed by atoms with van der Waals surface area (Å²) in [5.74, 6) is 1.18. The van der Waals surface area contributed by atoms with E-state index in [9.17, 15) is 4.79 Å². The van der Waals surface area contributed by atoms with Crippen molar-refractivity contribution < 1.29 is 9.53 Å². The molecule has 0 radical (unpaired) electrons. The molecule has 1 rings (SSSR count). The molecule has 2 atom stereocenters. The molecule has 4 heteroatoms. The van der Waals surface area contributed by atoms with Crippen molar-refractivity contribution in [3.8, 4) is 5.75 Å². The number of carbonyl (C=O) groups is 1. The van der Waals surface area contributed by atoms with E-state index in [-0.39, 0.29) is 17.9 Å². The molecule has 1 aromatic carbocycles. The molecule has 2 unspecified atom stereocenters. The van der Waals surface area contributed by atoms with Crippen LogP contribution in [0.5, 0.6) is 5.75 Å². The average molecular weight is 292 g/mol. The number of ether oxygens (including phenoxy) is 1. The van der Waals surface area contributed by atoms with Gasteiger partial charge in [-0.2, -0.15) is 0 Å². The van der Waals surface area contributed by atoms with Crippen LogP contribution >= 0.6 is 0 Å². The normalized spacial score (nSPS) is 13.8. The number of rotatable bonds is 8. The predicted molar refractivity (Wildman–Crippen MR) is 86.3 cm³/mol. The third-order valence-electron chi connectivity index (χ3n) is 3.32. The Balaban J connectivity index is 2.39. The zero-order valence-corrected chi connectivity index (χ0v) is 13.6. The first-order chi connectivity index (χ1) is 9.92. The largest absolute Gasteiger partial charge is 0.491 e. The molecular formula is C17H28N2O2. The van der Waals surface area contributed by atoms with Gasteiger partial charge in [0.2, 0.25) is 5.91 Å². The van der Waals surface area contributed by atoms with Gasteiger partial charge in [0, 0.05) is 6.54 Å². The van der Waals surface area contributed by atoms with Crippen molar-refractivity contribution in [1.82, 2.24) is 5.32 Å². The summed E-state index contributed by atoms with van der Waals surface area (Å²) in [5, 5.41) is 2.97. The van der Waals surface area contributed by atoms with Crippen molar-refractivity contribution in [3.63, 3.8) is 0 Å². The SMILES string of the molecule is Cc1ccc(OCC(C)NC(=O)C(CN)CC(C)C)cc1. The zero-order valence-electron chi connectivity index (χ0n) is 13.6. The molecule has 1 amide bonds. The van der Waals surface area contributed by atoms with Crippen LogP contribution in [0.25, 0.3) is 0 Å². The summed E-state index contributed by atoms with van der Waals surface area (Å²) < 4.78 is 5.67. The van der Waals surface area contributed by atoms with Gasteiger partial charge in [-0.15, -0.1) is 0 Å². The minimum atomic E-state index is -0.119. The lowest BCUT2D eigenvalue weighted by Gasteiger charge is -2.20. The quantitative estimate of drug-likeness (QED) is 0.773. The fraction of sp³-hybridized carbons (Fsp3) is 0.588. The van der Waals surface area contributed by atoms with Crippen LogP contribution in [0.3, 0.4) is 0 Å². The van der Waals surface area contributed by atoms with Crippen LogP contribution in [-0.4, -0.2) is 25.1 Å². The Morgan fingerprint density at radius 1 is 1.24 bits per heavy atom. The maximum absolute atomic E-state index is 12.1. The lowest BCUT2D eigenvalue weighted by atomic mass is 9.96. The van der Waals surface area contributed by atoms with Gasteiger partial charge in [0.1, 0.15) is 12.4 Å². The molecule has 21 heavy (non-hydrogen) atoms. The predicted octanol–water partition coefficient (Wildman–Crippen LogP) is 2.50. The van der Waals surface area contributed by atoms with E-state index in [1.165, 1.54) is 5.56 Å². The highest BCUT2D eigenvalue weighted by molar-refractivity contribution is 5.79. The lowest BCUT2D eigenvalue weighted by molar-refractivity contribution is -0.126. The van der Waals surface area contributed by atoms with Gasteiger partial charge in [0.15, 0.2) is 0 Å². The Morgan fingerprint density at radius 3 is 2.38 bits per heavy atom. The van der Waals surface area contributed by atoms with Crippen LogP contribution in [0.1, 0.15) is 32.8 Å². The Kier molecular flexibility index (Phi) is 7.23. The van der Waals surface area contributed by atoms with Crippen molar-refractivity contribution in [1.29, 1.82) is 0 Å². The van der Waals surface area contributed by atoms with E-state index in [4.69, 9.17) is 10.5 Å². The lowest BCUT2D eigenvalue weighted by Crippen LogP contribution is -2.42. The summed E-state index contributed by atoms with van der Waals surface area (Å²) in [7, 11) is 0. The summed E-state index contributed by atoms with van der Waals surface area (Å²) in [6.07, 6.45) is 0.813. The van der Waals surface area contributed by atoms with Crippen LogP contribution in [0.15, 0.2) is 24.3 Å². The van der Waals surface area contributed by atoms with E-state index < -0.39 is 0 Å². The summed E-state index contributed by atoms with van der Waals surface area (Å²) in [6, 6.07) is 7.84. The molecule has 0 aliphatic rings. The van der Waals surface area contributed by atoms with Crippen LogP contribution in [0.4, 0.5) is 0 Å². The molecule has 0 spiro atoms. The number of carbonyl (C=O) groups excluding carboxylic acids is 1. The Hall–Kier alpha value is -1.55. The molecule has 3 N–H and O–H groups in total. The fourth-order valence-electron chi connectivity index (χ4n) is 2.14. The van der Waals surface area contributed by atoms with E-state index in [0.717, 1.165) is 12.2 Å². The van der Waals surface area contributed by atoms with Crippen molar-refractivity contribution in [2.45, 2.75) is 40.2 Å². The van der Waals surface area contributed by atoms with E-state index in [1.807, 2.05) is 38.1 Å². The topological polar surface area (TPSA) is 64.3 Å². The number of amides is 1. The first kappa shape index (κ1) is 17.5. The number of nitrogens with one attached hydrogen (secondary N) is 1. The molecule has 4 nitrogen and oxygen atoms in total. The third-order valence-corrected chi connectivity index (χ3v) is 3.32. The van der Waals surface area contributed by atoms with Gasteiger partial charge in [0.05, 0.1) is 12.0 Å². The van der Waals surface area contributed by atoms with Gasteiger partial charge in [-0.05, 0) is 38.3 Å². The maximum Gasteiger partial charge on any atom is 0.224 e. The van der Waals surface area contributed by atoms with Gasteiger partial charge in [-0.25, -0.2) is 0 Å². The maximum atomic E-state index is 12.1. The van der Waals surface area contributed by atoms with Crippen LogP contribution in [0.2, 0.25) is 0 Å². The minimum Gasteiger partial charge on any atom is -0.491 e. The summed E-state index contributed by atoms with van der Waals surface area (Å²) in [4.78, 5) is 12.1.